The molecule has 1 heterocycles. The van der Waals surface area contributed by atoms with Gasteiger partial charge in [-0.25, -0.2) is 13.8 Å². The van der Waals surface area contributed by atoms with Crippen molar-refractivity contribution in [2.24, 2.45) is 5.10 Å². The lowest BCUT2D eigenvalue weighted by atomic mass is 10.2. The number of sulfonamides is 1. The van der Waals surface area contributed by atoms with Gasteiger partial charge in [0.05, 0.1) is 16.8 Å². The van der Waals surface area contributed by atoms with Gasteiger partial charge in [0.15, 0.2) is 0 Å². The van der Waals surface area contributed by atoms with E-state index in [0.29, 0.717) is 10.7 Å². The maximum atomic E-state index is 13.6. The van der Waals surface area contributed by atoms with Crippen LogP contribution in [0.25, 0.3) is 5.69 Å². The van der Waals surface area contributed by atoms with Crippen LogP contribution < -0.4 is 9.73 Å². The zero-order valence-corrected chi connectivity index (χ0v) is 24.4. The molecule has 39 heavy (non-hydrogen) atoms. The molecule has 202 valence electrons. The minimum atomic E-state index is -4.01. The Morgan fingerprint density at radius 3 is 2.36 bits per heavy atom. The summed E-state index contributed by atoms with van der Waals surface area (Å²) in [6.07, 6.45) is 3.47. The predicted octanol–water partition coefficient (Wildman–Crippen LogP) is 6.12. The molecule has 10 heteroatoms. The standard InChI is InChI=1S/C29H29ClN4O3S2/c1-20-8-10-25(11-9-20)33(39(36,37)28-14-12-27(38-4)13-15-28)19-29(35)32-31-18-23-16-21(2)34(22(23)3)26-7-5-6-24(30)17-26/h5-18H,19H2,1-4H3,(H,32,35)/b31-18+. The predicted molar refractivity (Wildman–Crippen MR) is 160 cm³/mol. The van der Waals surface area contributed by atoms with Gasteiger partial charge in [-0.15, -0.1) is 11.8 Å². The smallest absolute Gasteiger partial charge is 0.264 e. The van der Waals surface area contributed by atoms with Crippen LogP contribution in [-0.2, 0) is 14.8 Å². The van der Waals surface area contributed by atoms with E-state index in [0.717, 1.165) is 37.4 Å². The van der Waals surface area contributed by atoms with Crippen molar-refractivity contribution in [3.8, 4) is 5.69 Å². The number of carbonyl (C=O) groups is 1. The van der Waals surface area contributed by atoms with Crippen LogP contribution in [0.1, 0.15) is 22.5 Å². The summed E-state index contributed by atoms with van der Waals surface area (Å²) in [6, 6.07) is 23.1. The number of carbonyl (C=O) groups excluding carboxylic acids is 1. The molecule has 1 N–H and O–H groups in total. The minimum absolute atomic E-state index is 0.102. The SMILES string of the molecule is CSc1ccc(S(=O)(=O)N(CC(=O)N/N=C/c2cc(C)n(-c3cccc(Cl)c3)c2C)c2ccc(C)cc2)cc1. The molecular weight excluding hydrogens is 552 g/mol. The van der Waals surface area contributed by atoms with Gasteiger partial charge >= 0.3 is 0 Å². The van der Waals surface area contributed by atoms with Gasteiger partial charge in [0.25, 0.3) is 15.9 Å². The second kappa shape index (κ2) is 12.1. The Hall–Kier alpha value is -3.53. The van der Waals surface area contributed by atoms with E-state index in [1.165, 1.54) is 11.8 Å². The van der Waals surface area contributed by atoms with E-state index >= 15 is 0 Å². The number of thioether (sulfide) groups is 1. The zero-order chi connectivity index (χ0) is 28.2. The molecule has 0 radical (unpaired) electrons. The highest BCUT2D eigenvalue weighted by molar-refractivity contribution is 7.98. The maximum absolute atomic E-state index is 13.6. The average molecular weight is 581 g/mol. The Kier molecular flexibility index (Phi) is 8.84. The fourth-order valence-corrected chi connectivity index (χ4v) is 6.19. The van der Waals surface area contributed by atoms with E-state index in [1.54, 1.807) is 54.7 Å². The molecular formula is C29H29ClN4O3S2. The van der Waals surface area contributed by atoms with Crippen LogP contribution in [0, 0.1) is 20.8 Å². The lowest BCUT2D eigenvalue weighted by molar-refractivity contribution is -0.119. The number of rotatable bonds is 9. The van der Waals surface area contributed by atoms with Gasteiger partial charge in [-0.3, -0.25) is 9.10 Å². The fourth-order valence-electron chi connectivity index (χ4n) is 4.17. The molecule has 0 saturated heterocycles. The van der Waals surface area contributed by atoms with Crippen molar-refractivity contribution in [3.63, 3.8) is 0 Å². The summed E-state index contributed by atoms with van der Waals surface area (Å²) in [6.45, 7) is 5.40. The third kappa shape index (κ3) is 6.55. The van der Waals surface area contributed by atoms with Crippen molar-refractivity contribution in [3.05, 3.63) is 106 Å². The molecule has 0 atom stereocenters. The van der Waals surface area contributed by atoms with Crippen molar-refractivity contribution >= 4 is 51.2 Å². The summed E-state index contributed by atoms with van der Waals surface area (Å²) in [7, 11) is -4.01. The molecule has 4 aromatic rings. The van der Waals surface area contributed by atoms with Crippen LogP contribution in [0.3, 0.4) is 0 Å². The van der Waals surface area contributed by atoms with Crippen LogP contribution >= 0.6 is 23.4 Å². The molecule has 4 rings (SSSR count). The topological polar surface area (TPSA) is 83.8 Å². The molecule has 1 aromatic heterocycles. The van der Waals surface area contributed by atoms with Crippen LogP contribution in [0.5, 0.6) is 0 Å². The van der Waals surface area contributed by atoms with E-state index in [1.807, 2.05) is 61.9 Å². The molecule has 0 bridgehead atoms. The molecule has 0 aliphatic rings. The first-order chi connectivity index (χ1) is 18.6. The Morgan fingerprint density at radius 2 is 1.72 bits per heavy atom. The number of anilines is 1. The first-order valence-electron chi connectivity index (χ1n) is 12.1. The normalized spacial score (nSPS) is 11.6. The quantitative estimate of drug-likeness (QED) is 0.147. The number of benzene rings is 3. The highest BCUT2D eigenvalue weighted by atomic mass is 35.5. The molecule has 0 unspecified atom stereocenters. The van der Waals surface area contributed by atoms with E-state index in [4.69, 9.17) is 11.6 Å². The van der Waals surface area contributed by atoms with Crippen molar-refractivity contribution in [2.75, 3.05) is 17.1 Å². The van der Waals surface area contributed by atoms with E-state index in [9.17, 15) is 13.2 Å². The van der Waals surface area contributed by atoms with E-state index in [-0.39, 0.29) is 4.90 Å². The molecule has 1 amide bonds. The third-order valence-corrected chi connectivity index (χ3v) is 8.95. The summed E-state index contributed by atoms with van der Waals surface area (Å²) in [5.74, 6) is -0.570. The van der Waals surface area contributed by atoms with Crippen LogP contribution in [-0.4, -0.2) is 37.9 Å². The monoisotopic (exact) mass is 580 g/mol. The Bertz CT molecular complexity index is 1610. The highest BCUT2D eigenvalue weighted by Crippen LogP contribution is 2.26. The van der Waals surface area contributed by atoms with Gasteiger partial charge in [0.1, 0.15) is 6.54 Å². The number of amides is 1. The number of aromatic nitrogens is 1. The fraction of sp³-hybridized carbons (Fsp3) is 0.172. The summed E-state index contributed by atoms with van der Waals surface area (Å²) < 4.78 is 30.3. The third-order valence-electron chi connectivity index (χ3n) is 6.19. The number of hydrazone groups is 1. The first-order valence-corrected chi connectivity index (χ1v) is 15.1. The van der Waals surface area contributed by atoms with Gasteiger partial charge in [-0.1, -0.05) is 35.4 Å². The van der Waals surface area contributed by atoms with E-state index in [2.05, 4.69) is 10.5 Å². The lowest BCUT2D eigenvalue weighted by Gasteiger charge is -2.24. The van der Waals surface area contributed by atoms with Gasteiger partial charge in [-0.2, -0.15) is 5.10 Å². The van der Waals surface area contributed by atoms with Crippen molar-refractivity contribution in [1.82, 2.24) is 9.99 Å². The maximum Gasteiger partial charge on any atom is 0.264 e. The molecule has 0 aliphatic carbocycles. The van der Waals surface area contributed by atoms with Gasteiger partial charge in [-0.05, 0) is 87.7 Å². The van der Waals surface area contributed by atoms with Crippen molar-refractivity contribution in [2.45, 2.75) is 30.6 Å². The number of halogens is 1. The molecule has 0 aliphatic heterocycles. The number of hydrogen-bond donors (Lipinski definition) is 1. The minimum Gasteiger partial charge on any atom is -0.318 e. The number of hydrogen-bond acceptors (Lipinski definition) is 5. The Labute approximate surface area is 238 Å². The number of aryl methyl sites for hydroxylation is 2. The molecule has 0 fully saturated rings. The second-order valence-electron chi connectivity index (χ2n) is 8.96. The molecule has 0 saturated carbocycles. The lowest BCUT2D eigenvalue weighted by Crippen LogP contribution is -2.39. The Morgan fingerprint density at radius 1 is 1.03 bits per heavy atom. The summed E-state index contributed by atoms with van der Waals surface area (Å²) in [5, 5.41) is 4.75. The second-order valence-corrected chi connectivity index (χ2v) is 12.1. The summed E-state index contributed by atoms with van der Waals surface area (Å²) >= 11 is 7.69. The highest BCUT2D eigenvalue weighted by Gasteiger charge is 2.27. The number of nitrogens with zero attached hydrogens (tertiary/aromatic N) is 3. The van der Waals surface area contributed by atoms with Crippen molar-refractivity contribution in [1.29, 1.82) is 0 Å². The zero-order valence-electron chi connectivity index (χ0n) is 22.1. The number of nitrogens with one attached hydrogen (secondary N) is 1. The van der Waals surface area contributed by atoms with Gasteiger partial charge in [0, 0.05) is 32.6 Å². The van der Waals surface area contributed by atoms with Crippen molar-refractivity contribution < 1.29 is 13.2 Å². The van der Waals surface area contributed by atoms with Crippen LogP contribution in [0.2, 0.25) is 5.02 Å². The van der Waals surface area contributed by atoms with E-state index < -0.39 is 22.5 Å². The van der Waals surface area contributed by atoms with Crippen LogP contribution in [0.4, 0.5) is 5.69 Å². The molecule has 0 spiro atoms. The summed E-state index contributed by atoms with van der Waals surface area (Å²) in [4.78, 5) is 14.0. The molecule has 3 aromatic carbocycles. The van der Waals surface area contributed by atoms with Gasteiger partial charge in [0.2, 0.25) is 0 Å². The molecule has 7 nitrogen and oxygen atoms in total. The first kappa shape index (κ1) is 28.5. The average Bonchev–Trinajstić information content (AvgIpc) is 3.20. The van der Waals surface area contributed by atoms with Gasteiger partial charge < -0.3 is 4.57 Å². The largest absolute Gasteiger partial charge is 0.318 e. The van der Waals surface area contributed by atoms with Crippen LogP contribution in [0.15, 0.2) is 93.8 Å². The summed E-state index contributed by atoms with van der Waals surface area (Å²) in [5.41, 5.74) is 7.48. The Balaban J connectivity index is 1.55.